The van der Waals surface area contributed by atoms with Crippen molar-refractivity contribution in [3.8, 4) is 0 Å². The van der Waals surface area contributed by atoms with Crippen LogP contribution < -0.4 is 10.6 Å². The minimum atomic E-state index is -3.19. The molecule has 68 heavy (non-hydrogen) atoms. The molecule has 2 amide bonds. The summed E-state index contributed by atoms with van der Waals surface area (Å²) in [5.74, 6) is -6.99. The maximum Gasteiger partial charge on any atom is 0.364 e. The number of amides is 2. The summed E-state index contributed by atoms with van der Waals surface area (Å²) in [6.45, 7) is -3.28. The van der Waals surface area contributed by atoms with Crippen molar-refractivity contribution in [1.29, 1.82) is 0 Å². The van der Waals surface area contributed by atoms with Crippen LogP contribution in [0.2, 0.25) is 0 Å². The number of carboxylic acid groups (broad SMARTS) is 1. The minimum Gasteiger partial charge on any atom is -0.477 e. The fraction of sp³-hybridized carbons (Fsp3) is 0.919. The van der Waals surface area contributed by atoms with E-state index in [0.717, 1.165) is 13.8 Å². The summed E-state index contributed by atoms with van der Waals surface area (Å²) in [7, 11) is 0. The summed E-state index contributed by atoms with van der Waals surface area (Å²) in [5, 5.41) is 185. The average Bonchev–Trinajstić information content (AvgIpc) is 3.29. The third-order valence-corrected chi connectivity index (χ3v) is 12.1. The van der Waals surface area contributed by atoms with Gasteiger partial charge in [0.15, 0.2) is 25.2 Å². The highest BCUT2D eigenvalue weighted by molar-refractivity contribution is 5.76. The summed E-state index contributed by atoms with van der Waals surface area (Å²) >= 11 is 0. The Morgan fingerprint density at radius 3 is 1.53 bits per heavy atom. The van der Waals surface area contributed by atoms with Gasteiger partial charge in [0.05, 0.1) is 45.2 Å². The molecule has 0 aromatic heterocycles. The van der Waals surface area contributed by atoms with Crippen LogP contribution in [0.15, 0.2) is 0 Å². The van der Waals surface area contributed by atoms with Crippen LogP contribution in [0.3, 0.4) is 0 Å². The number of hydrogen-bond acceptors (Lipinski definition) is 28. The first-order valence-electron chi connectivity index (χ1n) is 21.2. The van der Waals surface area contributed by atoms with Crippen LogP contribution in [-0.2, 0) is 57.0 Å². The summed E-state index contributed by atoms with van der Waals surface area (Å²) in [6.07, 6.45) is -47.6. The highest BCUT2D eigenvalue weighted by Crippen LogP contribution is 2.39. The molecule has 5 rings (SSSR count). The number of aliphatic hydroxyl groups excluding tert-OH is 16. The van der Waals surface area contributed by atoms with Crippen LogP contribution in [0.5, 0.6) is 0 Å². The van der Waals surface area contributed by atoms with Crippen LogP contribution in [0, 0.1) is 0 Å². The third-order valence-electron chi connectivity index (χ3n) is 12.1. The maximum absolute atomic E-state index is 13.0. The Hall–Kier alpha value is -2.59. The van der Waals surface area contributed by atoms with Gasteiger partial charge in [-0.05, 0) is 0 Å². The number of carbonyl (C=O) groups is 3. The van der Waals surface area contributed by atoms with Gasteiger partial charge in [-0.15, -0.1) is 0 Å². The van der Waals surface area contributed by atoms with E-state index in [1.165, 1.54) is 0 Å². The summed E-state index contributed by atoms with van der Waals surface area (Å²) < 4.78 is 50.7. The molecule has 0 bridgehead atoms. The second-order valence-corrected chi connectivity index (χ2v) is 16.8. The van der Waals surface area contributed by atoms with Gasteiger partial charge in [0.1, 0.15) is 116 Å². The Kier molecular flexibility index (Phi) is 19.7. The average molecular weight is 999 g/mol. The van der Waals surface area contributed by atoms with Crippen molar-refractivity contribution >= 4 is 17.8 Å². The SMILES string of the molecule is CC(=O)N[C@H]1[C@H](O[C@H]2[C@@H](O)[C@@H](CO)O[C@@H](O[C@H]3[C@H](O)[C@@H](O)[C@H](O)O[C@@H]3CO)[C@@H]2O)O[C@H](CO)[C@@H](O)[C@@H]1O[C@@H]1O[C@H](CO)[C@H](O)[C@H](O[C@@]2(C(=O)O)C[C@H](O)[C@@H](NC(C)=O)[C@H]([C@@H](O)[C@H](O)CO)O2)[C@H]1O. The fourth-order valence-electron chi connectivity index (χ4n) is 8.53. The molecule has 5 heterocycles. The zero-order chi connectivity index (χ0) is 50.7. The molecule has 0 aromatic carbocycles. The van der Waals surface area contributed by atoms with E-state index < -0.39 is 216 Å². The van der Waals surface area contributed by atoms with Gasteiger partial charge in [-0.25, -0.2) is 4.79 Å². The van der Waals surface area contributed by atoms with E-state index in [2.05, 4.69) is 10.6 Å². The van der Waals surface area contributed by atoms with Crippen LogP contribution in [-0.4, -0.2) is 297 Å². The van der Waals surface area contributed by atoms with Crippen molar-refractivity contribution in [2.45, 2.75) is 179 Å². The van der Waals surface area contributed by atoms with Gasteiger partial charge in [0, 0.05) is 20.3 Å². The quantitative estimate of drug-likeness (QED) is 0.0606. The number of carbonyl (C=O) groups excluding carboxylic acids is 2. The van der Waals surface area contributed by atoms with E-state index in [-0.39, 0.29) is 0 Å². The van der Waals surface area contributed by atoms with Crippen molar-refractivity contribution in [3.05, 3.63) is 0 Å². The largest absolute Gasteiger partial charge is 0.477 e. The van der Waals surface area contributed by atoms with E-state index in [0.29, 0.717) is 0 Å². The molecule has 0 spiro atoms. The van der Waals surface area contributed by atoms with E-state index >= 15 is 0 Å². The molecule has 0 aliphatic carbocycles. The number of ether oxygens (including phenoxy) is 9. The van der Waals surface area contributed by atoms with Gasteiger partial charge in [0.2, 0.25) is 11.8 Å². The molecular weight excluding hydrogens is 936 g/mol. The lowest BCUT2D eigenvalue weighted by Gasteiger charge is -2.51. The molecule has 5 aliphatic heterocycles. The highest BCUT2D eigenvalue weighted by atomic mass is 16.8. The number of carboxylic acids is 1. The smallest absolute Gasteiger partial charge is 0.364 e. The predicted molar refractivity (Wildman–Crippen MR) is 207 cm³/mol. The zero-order valence-electron chi connectivity index (χ0n) is 36.2. The molecule has 0 unspecified atom stereocenters. The third kappa shape index (κ3) is 11.8. The first-order valence-corrected chi connectivity index (χ1v) is 21.2. The molecule has 0 saturated carbocycles. The van der Waals surface area contributed by atoms with Crippen LogP contribution in [0.25, 0.3) is 0 Å². The van der Waals surface area contributed by atoms with E-state index in [1.807, 2.05) is 0 Å². The molecule has 5 aliphatic rings. The molecule has 0 radical (unpaired) electrons. The summed E-state index contributed by atoms with van der Waals surface area (Å²) in [5.41, 5.74) is 0. The van der Waals surface area contributed by atoms with E-state index in [1.54, 1.807) is 0 Å². The van der Waals surface area contributed by atoms with Crippen molar-refractivity contribution in [2.24, 2.45) is 0 Å². The van der Waals surface area contributed by atoms with Gasteiger partial charge < -0.3 is 140 Å². The fourth-order valence-corrected chi connectivity index (χ4v) is 8.53. The van der Waals surface area contributed by atoms with Crippen LogP contribution >= 0.6 is 0 Å². The van der Waals surface area contributed by atoms with Crippen molar-refractivity contribution in [1.82, 2.24) is 10.6 Å². The Labute approximate surface area is 384 Å². The Morgan fingerprint density at radius 1 is 0.574 bits per heavy atom. The molecule has 31 nitrogen and oxygen atoms in total. The molecule has 26 atom stereocenters. The second-order valence-electron chi connectivity index (χ2n) is 16.8. The molecule has 5 fully saturated rings. The summed E-state index contributed by atoms with van der Waals surface area (Å²) in [6, 6.07) is -3.51. The minimum absolute atomic E-state index is 0.818. The summed E-state index contributed by atoms with van der Waals surface area (Å²) in [4.78, 5) is 37.7. The number of rotatable bonds is 18. The second kappa shape index (κ2) is 23.8. The lowest BCUT2D eigenvalue weighted by molar-refractivity contribution is -0.389. The number of aliphatic carboxylic acids is 1. The zero-order valence-corrected chi connectivity index (χ0v) is 36.2. The highest BCUT2D eigenvalue weighted by Gasteiger charge is 2.61. The van der Waals surface area contributed by atoms with Crippen LogP contribution in [0.1, 0.15) is 20.3 Å². The van der Waals surface area contributed by atoms with Gasteiger partial charge in [-0.3, -0.25) is 9.59 Å². The van der Waals surface area contributed by atoms with Crippen molar-refractivity contribution in [2.75, 3.05) is 33.0 Å². The van der Waals surface area contributed by atoms with Gasteiger partial charge >= 0.3 is 5.97 Å². The molecule has 5 saturated heterocycles. The van der Waals surface area contributed by atoms with Crippen molar-refractivity contribution in [3.63, 3.8) is 0 Å². The standard InChI is InChI=1S/C37H62N2O29/c1-9(45)38-17-11(47)3-37(36(58)59,67-29(17)19(49)12(48)4-40)68-31-22(52)15(7-43)63-35(26(31)56)65-28-18(39-10(2)46)33(61-13(5-41)20(28)50)66-30-21(51)14(6-42)62-34(25(30)55)64-27-16(8-44)60-32(57)24(54)23(27)53/h11-35,40-44,47-57H,3-8H2,1-2H3,(H,38,45)(H,39,46)(H,58,59)/t11-,12+,13+,14+,15+,16+,17+,18+,19-,20+,21-,22-,23+,24+,25+,26+,27+,28+,29+,30-,31-,32+,33-,34-,35-,37+/m0/s1. The van der Waals surface area contributed by atoms with Crippen molar-refractivity contribution < 1.29 is 144 Å². The lowest BCUT2D eigenvalue weighted by Crippen LogP contribution is -2.71. The Balaban J connectivity index is 1.45. The first kappa shape index (κ1) is 56.3. The normalized spacial score (nSPS) is 46.6. The molecule has 19 N–H and O–H groups in total. The lowest BCUT2D eigenvalue weighted by atomic mass is 9.88. The van der Waals surface area contributed by atoms with Gasteiger partial charge in [-0.2, -0.15) is 0 Å². The Morgan fingerprint density at radius 2 is 1.03 bits per heavy atom. The number of hydrogen-bond donors (Lipinski definition) is 19. The monoisotopic (exact) mass is 998 g/mol. The first-order chi connectivity index (χ1) is 32.0. The molecule has 0 aromatic rings. The Bertz CT molecular complexity index is 1660. The predicted octanol–water partition coefficient (Wildman–Crippen LogP) is -12.4. The number of aliphatic hydroxyl groups is 16. The van der Waals surface area contributed by atoms with E-state index in [4.69, 9.17) is 42.6 Å². The van der Waals surface area contributed by atoms with Gasteiger partial charge in [-0.1, -0.05) is 0 Å². The van der Waals surface area contributed by atoms with E-state index in [9.17, 15) is 101 Å². The number of nitrogens with one attached hydrogen (secondary N) is 2. The molecule has 394 valence electrons. The van der Waals surface area contributed by atoms with Gasteiger partial charge in [0.25, 0.3) is 5.79 Å². The topological polar surface area (TPSA) is 502 Å². The molecular formula is C37H62N2O29. The maximum atomic E-state index is 13.0. The molecule has 31 heteroatoms. The van der Waals surface area contributed by atoms with Crippen LogP contribution in [0.4, 0.5) is 0 Å².